The SMILES string of the molecule is O=[N+]([O-])[O-].O=[N+]([O-])[O-].[N].[Zn+2]. The van der Waals surface area contributed by atoms with Crippen molar-refractivity contribution >= 4 is 0 Å². The molecule has 0 saturated carbocycles. The van der Waals surface area contributed by atoms with E-state index >= 15 is 0 Å². The summed E-state index contributed by atoms with van der Waals surface area (Å²) >= 11 is 0. The molecule has 0 aromatic heterocycles. The van der Waals surface area contributed by atoms with Gasteiger partial charge in [-0.05, 0) is 0 Å². The molecule has 0 aliphatic carbocycles. The number of nitrogens with zero attached hydrogens (tertiary/aromatic N) is 3. The van der Waals surface area contributed by atoms with Crippen molar-refractivity contribution in [1.29, 1.82) is 0 Å². The van der Waals surface area contributed by atoms with E-state index in [9.17, 15) is 0 Å². The molecular formula is N3O6Zn. The molecule has 0 bridgehead atoms. The van der Waals surface area contributed by atoms with E-state index in [4.69, 9.17) is 30.6 Å². The van der Waals surface area contributed by atoms with Crippen molar-refractivity contribution in [2.75, 3.05) is 0 Å². The van der Waals surface area contributed by atoms with E-state index < -0.39 is 10.2 Å². The van der Waals surface area contributed by atoms with Crippen LogP contribution < -0.4 is 6.15 Å². The van der Waals surface area contributed by atoms with Crippen LogP contribution in [0.3, 0.4) is 0 Å². The number of hydrogen-bond acceptors (Lipinski definition) is 6. The van der Waals surface area contributed by atoms with Crippen LogP contribution in [0.15, 0.2) is 0 Å². The maximum absolute atomic E-state index is 8.25. The van der Waals surface area contributed by atoms with Crippen LogP contribution in [0.2, 0.25) is 0 Å². The second-order valence-corrected chi connectivity index (χ2v) is 0.447. The Morgan fingerprint density at radius 1 is 0.800 bits per heavy atom. The van der Waals surface area contributed by atoms with Gasteiger partial charge in [0.25, 0.3) is 0 Å². The van der Waals surface area contributed by atoms with Crippen LogP contribution in [0, 0.1) is 30.6 Å². The number of rotatable bonds is 0. The van der Waals surface area contributed by atoms with Crippen LogP contribution in [0.1, 0.15) is 0 Å². The first-order valence-corrected chi connectivity index (χ1v) is 1.10. The van der Waals surface area contributed by atoms with Crippen molar-refractivity contribution in [3.8, 4) is 0 Å². The third-order valence-corrected chi connectivity index (χ3v) is 0. The Kier molecular flexibility index (Phi) is 36.1. The maximum atomic E-state index is 8.25. The van der Waals surface area contributed by atoms with Gasteiger partial charge in [-0.2, -0.15) is 0 Å². The molecule has 53 valence electrons. The molecule has 9 nitrogen and oxygen atoms in total. The monoisotopic (exact) mass is 202 g/mol. The Morgan fingerprint density at radius 2 is 0.800 bits per heavy atom. The van der Waals surface area contributed by atoms with Crippen LogP contribution in [0.25, 0.3) is 0 Å². The first-order chi connectivity index (χ1) is 3.46. The summed E-state index contributed by atoms with van der Waals surface area (Å²) in [5.74, 6) is 0. The van der Waals surface area contributed by atoms with Gasteiger partial charge in [-0.25, -0.2) is 0 Å². The first kappa shape index (κ1) is 23.1. The molecule has 0 spiro atoms. The van der Waals surface area contributed by atoms with Crippen molar-refractivity contribution in [2.24, 2.45) is 0 Å². The zero-order valence-electron chi connectivity index (χ0n) is 4.50. The van der Waals surface area contributed by atoms with Crippen LogP contribution in [-0.2, 0) is 19.5 Å². The largest absolute Gasteiger partial charge is 2.00 e. The predicted octanol–water partition coefficient (Wildman–Crippen LogP) is -0.961. The van der Waals surface area contributed by atoms with Crippen molar-refractivity contribution in [1.82, 2.24) is 6.15 Å². The van der Waals surface area contributed by atoms with Gasteiger partial charge in [-0.1, -0.05) is 0 Å². The average Bonchev–Trinajstić information content (AvgIpc) is 1.25. The molecule has 0 fully saturated rings. The first-order valence-electron chi connectivity index (χ1n) is 1.10. The van der Waals surface area contributed by atoms with Gasteiger partial charge in [0.2, 0.25) is 0 Å². The zero-order chi connectivity index (χ0) is 7.15. The van der Waals surface area contributed by atoms with Gasteiger partial charge >= 0.3 is 19.5 Å². The second-order valence-electron chi connectivity index (χ2n) is 0.447. The molecule has 10 heteroatoms. The van der Waals surface area contributed by atoms with Gasteiger partial charge in [0.05, 0.1) is 10.2 Å². The molecule has 0 aromatic carbocycles. The summed E-state index contributed by atoms with van der Waals surface area (Å²) in [7, 11) is 0. The van der Waals surface area contributed by atoms with E-state index in [-0.39, 0.29) is 25.6 Å². The molecule has 0 aliphatic heterocycles. The Morgan fingerprint density at radius 3 is 0.800 bits per heavy atom. The van der Waals surface area contributed by atoms with Gasteiger partial charge in [0, 0.05) is 6.15 Å². The predicted molar refractivity (Wildman–Crippen MR) is 22.9 cm³/mol. The molecule has 10 heavy (non-hydrogen) atoms. The second kappa shape index (κ2) is 15.7. The smallest absolute Gasteiger partial charge is 0.356 e. The molecule has 0 heterocycles. The summed E-state index contributed by atoms with van der Waals surface area (Å²) in [6.07, 6.45) is 0. The summed E-state index contributed by atoms with van der Waals surface area (Å²) in [4.78, 5) is 16.5. The fourth-order valence-corrected chi connectivity index (χ4v) is 0. The molecule has 0 amide bonds. The third-order valence-electron chi connectivity index (χ3n) is 0. The summed E-state index contributed by atoms with van der Waals surface area (Å²) in [6, 6.07) is 0. The molecule has 0 atom stereocenters. The van der Waals surface area contributed by atoms with Gasteiger partial charge in [-0.15, -0.1) is 0 Å². The molecule has 0 N–H and O–H groups in total. The minimum atomic E-state index is -1.75. The zero-order valence-corrected chi connectivity index (χ0v) is 7.47. The summed E-state index contributed by atoms with van der Waals surface area (Å²) in [5, 5.41) is 29.5. The molecule has 3 radical (unpaired) electrons. The molecule has 0 aliphatic rings. The van der Waals surface area contributed by atoms with Crippen LogP contribution in [-0.4, -0.2) is 10.2 Å². The van der Waals surface area contributed by atoms with Crippen LogP contribution in [0.4, 0.5) is 0 Å². The van der Waals surface area contributed by atoms with E-state index in [0.717, 1.165) is 0 Å². The molecular weight excluding hydrogens is 203 g/mol. The Balaban J connectivity index is -0.0000000300. The number of hydrogen-bond donors (Lipinski definition) is 0. The van der Waals surface area contributed by atoms with Crippen molar-refractivity contribution in [2.45, 2.75) is 0 Å². The minimum absolute atomic E-state index is 0. The van der Waals surface area contributed by atoms with E-state index in [0.29, 0.717) is 0 Å². The van der Waals surface area contributed by atoms with Crippen molar-refractivity contribution < 1.29 is 29.7 Å². The Labute approximate surface area is 67.2 Å². The van der Waals surface area contributed by atoms with E-state index in [1.807, 2.05) is 0 Å². The fraction of sp³-hybridized carbons (Fsp3) is 0. The average molecular weight is 203 g/mol. The molecule has 0 saturated heterocycles. The van der Waals surface area contributed by atoms with Gasteiger partial charge in [0.15, 0.2) is 0 Å². The fourth-order valence-electron chi connectivity index (χ4n) is 0. The molecule has 0 aromatic rings. The van der Waals surface area contributed by atoms with Gasteiger partial charge in [0.1, 0.15) is 0 Å². The van der Waals surface area contributed by atoms with Crippen LogP contribution >= 0.6 is 0 Å². The third kappa shape index (κ3) is 242. The van der Waals surface area contributed by atoms with E-state index in [2.05, 4.69) is 0 Å². The van der Waals surface area contributed by atoms with Gasteiger partial charge in [-0.3, -0.25) is 0 Å². The van der Waals surface area contributed by atoms with Crippen LogP contribution in [0.5, 0.6) is 0 Å². The molecule has 0 unspecified atom stereocenters. The summed E-state index contributed by atoms with van der Waals surface area (Å²) < 4.78 is 0. The van der Waals surface area contributed by atoms with Gasteiger partial charge < -0.3 is 30.6 Å². The quantitative estimate of drug-likeness (QED) is 0.279. The summed E-state index contributed by atoms with van der Waals surface area (Å²) in [5.41, 5.74) is 0. The van der Waals surface area contributed by atoms with Crippen molar-refractivity contribution in [3.63, 3.8) is 0 Å². The normalized spacial score (nSPS) is 4.80. The van der Waals surface area contributed by atoms with E-state index in [1.165, 1.54) is 0 Å². The maximum Gasteiger partial charge on any atom is 2.00 e. The van der Waals surface area contributed by atoms with Crippen molar-refractivity contribution in [3.05, 3.63) is 30.6 Å². The molecule has 0 rings (SSSR count). The van der Waals surface area contributed by atoms with E-state index in [1.54, 1.807) is 0 Å². The topological polar surface area (TPSA) is 163 Å². The standard InChI is InChI=1S/2NO3.N.Zn/c2*2-1(3)4;;/q2*-1;;+2. The Hall–Kier alpha value is -1.02. The minimum Gasteiger partial charge on any atom is -0.356 e. The summed E-state index contributed by atoms with van der Waals surface area (Å²) in [6.45, 7) is 0. The Bertz CT molecular complexity index is 71.0.